The number of carbonyl (C=O) groups is 1. The van der Waals surface area contributed by atoms with Gasteiger partial charge < -0.3 is 5.32 Å². The Balaban J connectivity index is 2.08. The third kappa shape index (κ3) is 5.22. The van der Waals surface area contributed by atoms with Gasteiger partial charge in [-0.05, 0) is 42.2 Å². The summed E-state index contributed by atoms with van der Waals surface area (Å²) in [6.45, 7) is 1.74. The molecule has 2 aromatic carbocycles. The number of likely N-dealkylation sites (N-methyl/N-ethyl adjacent to an activating group) is 1. The van der Waals surface area contributed by atoms with Crippen LogP contribution < -0.4 is 5.32 Å². The highest BCUT2D eigenvalue weighted by molar-refractivity contribution is 7.99. The predicted molar refractivity (Wildman–Crippen MR) is 103 cm³/mol. The number of anilines is 1. The van der Waals surface area contributed by atoms with Crippen molar-refractivity contribution in [1.29, 1.82) is 0 Å². The lowest BCUT2D eigenvalue weighted by Gasteiger charge is -2.17. The van der Waals surface area contributed by atoms with Crippen molar-refractivity contribution in [3.05, 3.63) is 53.6 Å². The molecule has 0 aliphatic carbocycles. The monoisotopic (exact) mass is 398 g/mol. The van der Waals surface area contributed by atoms with Crippen LogP contribution in [0, 0.1) is 0 Å². The number of hydrogen-bond acceptors (Lipinski definition) is 4. The second-order valence-corrected chi connectivity index (χ2v) is 8.98. The standard InChI is InChI=1S/C17H19ClN2O3S2/c1-3-24-16-7-5-4-6-15(16)19-17(21)12-20(2)25(22,23)14-10-8-13(18)9-11-14/h4-11H,3,12H2,1-2H3,(H,19,21). The summed E-state index contributed by atoms with van der Waals surface area (Å²) in [6.07, 6.45) is 0. The zero-order chi connectivity index (χ0) is 18.4. The molecule has 0 aliphatic rings. The second-order valence-electron chi connectivity index (χ2n) is 5.19. The van der Waals surface area contributed by atoms with E-state index >= 15 is 0 Å². The maximum atomic E-state index is 12.5. The SMILES string of the molecule is CCSc1ccccc1NC(=O)CN(C)S(=O)(=O)c1ccc(Cl)cc1. The molecule has 0 spiro atoms. The Hall–Kier alpha value is -1.54. The van der Waals surface area contributed by atoms with Crippen LogP contribution in [0.3, 0.4) is 0 Å². The van der Waals surface area contributed by atoms with Gasteiger partial charge >= 0.3 is 0 Å². The summed E-state index contributed by atoms with van der Waals surface area (Å²) in [5, 5.41) is 3.22. The van der Waals surface area contributed by atoms with E-state index < -0.39 is 15.9 Å². The molecule has 2 rings (SSSR count). The number of sulfonamides is 1. The lowest BCUT2D eigenvalue weighted by Crippen LogP contribution is -2.35. The van der Waals surface area contributed by atoms with Crippen molar-refractivity contribution in [1.82, 2.24) is 4.31 Å². The van der Waals surface area contributed by atoms with E-state index in [2.05, 4.69) is 5.32 Å². The summed E-state index contributed by atoms with van der Waals surface area (Å²) < 4.78 is 26.0. The number of thioether (sulfide) groups is 1. The van der Waals surface area contributed by atoms with Crippen LogP contribution in [0.1, 0.15) is 6.92 Å². The molecule has 0 radical (unpaired) electrons. The Bertz CT molecular complexity index is 839. The molecule has 8 heteroatoms. The second kappa shape index (κ2) is 8.71. The van der Waals surface area contributed by atoms with Crippen LogP contribution in [0.25, 0.3) is 0 Å². The van der Waals surface area contributed by atoms with Crippen LogP contribution in [0.5, 0.6) is 0 Å². The number of nitrogens with zero attached hydrogens (tertiary/aromatic N) is 1. The molecule has 0 saturated heterocycles. The lowest BCUT2D eigenvalue weighted by molar-refractivity contribution is -0.116. The van der Waals surface area contributed by atoms with Crippen molar-refractivity contribution in [3.8, 4) is 0 Å². The van der Waals surface area contributed by atoms with Gasteiger partial charge in [0.2, 0.25) is 15.9 Å². The minimum Gasteiger partial charge on any atom is -0.324 e. The molecule has 134 valence electrons. The van der Waals surface area contributed by atoms with E-state index in [1.807, 2.05) is 25.1 Å². The Morgan fingerprint density at radius 2 is 1.80 bits per heavy atom. The molecule has 1 amide bonds. The van der Waals surface area contributed by atoms with Gasteiger partial charge in [-0.15, -0.1) is 11.8 Å². The number of benzene rings is 2. The number of para-hydroxylation sites is 1. The molecule has 0 atom stereocenters. The molecule has 0 heterocycles. The van der Waals surface area contributed by atoms with Gasteiger partial charge in [0.05, 0.1) is 17.1 Å². The first-order valence-corrected chi connectivity index (χ1v) is 10.4. The largest absolute Gasteiger partial charge is 0.324 e. The van der Waals surface area contributed by atoms with Crippen molar-refractivity contribution in [2.75, 3.05) is 24.7 Å². The number of amides is 1. The quantitative estimate of drug-likeness (QED) is 0.722. The molecular weight excluding hydrogens is 380 g/mol. The normalized spacial score (nSPS) is 11.5. The fraction of sp³-hybridized carbons (Fsp3) is 0.235. The van der Waals surface area contributed by atoms with Crippen LogP contribution in [-0.2, 0) is 14.8 Å². The first-order valence-electron chi connectivity index (χ1n) is 7.58. The molecule has 0 aliphatic heterocycles. The number of nitrogens with one attached hydrogen (secondary N) is 1. The van der Waals surface area contributed by atoms with Gasteiger partial charge in [0.15, 0.2) is 0 Å². The Morgan fingerprint density at radius 3 is 2.44 bits per heavy atom. The van der Waals surface area contributed by atoms with Gasteiger partial charge in [0.25, 0.3) is 0 Å². The smallest absolute Gasteiger partial charge is 0.243 e. The van der Waals surface area contributed by atoms with E-state index in [-0.39, 0.29) is 11.4 Å². The Kier molecular flexibility index (Phi) is 6.89. The van der Waals surface area contributed by atoms with Gasteiger partial charge in [0, 0.05) is 17.0 Å². The van der Waals surface area contributed by atoms with Crippen LogP contribution >= 0.6 is 23.4 Å². The third-order valence-corrected chi connectivity index (χ3v) is 6.37. The molecule has 2 aromatic rings. The van der Waals surface area contributed by atoms with Crippen molar-refractivity contribution < 1.29 is 13.2 Å². The molecule has 0 aromatic heterocycles. The first kappa shape index (κ1) is 19.8. The van der Waals surface area contributed by atoms with Crippen LogP contribution in [0.2, 0.25) is 5.02 Å². The minimum absolute atomic E-state index is 0.0918. The van der Waals surface area contributed by atoms with Crippen LogP contribution in [0.4, 0.5) is 5.69 Å². The summed E-state index contributed by atoms with van der Waals surface area (Å²) in [6, 6.07) is 13.3. The van der Waals surface area contributed by atoms with E-state index in [1.165, 1.54) is 31.3 Å². The highest BCUT2D eigenvalue weighted by atomic mass is 35.5. The van der Waals surface area contributed by atoms with Gasteiger partial charge in [0.1, 0.15) is 0 Å². The van der Waals surface area contributed by atoms with E-state index in [9.17, 15) is 13.2 Å². The predicted octanol–water partition coefficient (Wildman–Crippen LogP) is 3.71. The molecule has 5 nitrogen and oxygen atoms in total. The summed E-state index contributed by atoms with van der Waals surface area (Å²) in [5.74, 6) is 0.474. The van der Waals surface area contributed by atoms with E-state index in [1.54, 1.807) is 17.8 Å². The molecule has 0 fully saturated rings. The fourth-order valence-electron chi connectivity index (χ4n) is 2.11. The number of rotatable bonds is 7. The Morgan fingerprint density at radius 1 is 1.16 bits per heavy atom. The average molecular weight is 399 g/mol. The third-order valence-electron chi connectivity index (χ3n) is 3.35. The summed E-state index contributed by atoms with van der Waals surface area (Å²) in [7, 11) is -2.38. The molecule has 0 unspecified atom stereocenters. The number of hydrogen-bond donors (Lipinski definition) is 1. The van der Waals surface area contributed by atoms with Gasteiger partial charge in [-0.3, -0.25) is 4.79 Å². The molecule has 1 N–H and O–H groups in total. The van der Waals surface area contributed by atoms with Gasteiger partial charge in [-0.25, -0.2) is 8.42 Å². The molecule has 25 heavy (non-hydrogen) atoms. The molecular formula is C17H19ClN2O3S2. The highest BCUT2D eigenvalue weighted by Crippen LogP contribution is 2.26. The number of carbonyl (C=O) groups excluding carboxylic acids is 1. The topological polar surface area (TPSA) is 66.5 Å². The minimum atomic E-state index is -3.75. The van der Waals surface area contributed by atoms with E-state index in [0.717, 1.165) is 15.0 Å². The van der Waals surface area contributed by atoms with Crippen molar-refractivity contribution in [2.24, 2.45) is 0 Å². The maximum Gasteiger partial charge on any atom is 0.243 e. The zero-order valence-electron chi connectivity index (χ0n) is 13.9. The maximum absolute atomic E-state index is 12.5. The van der Waals surface area contributed by atoms with Crippen molar-refractivity contribution in [3.63, 3.8) is 0 Å². The Labute approximate surface area is 157 Å². The summed E-state index contributed by atoms with van der Waals surface area (Å²) in [5.41, 5.74) is 0.677. The van der Waals surface area contributed by atoms with Crippen LogP contribution in [0.15, 0.2) is 58.3 Å². The van der Waals surface area contributed by atoms with E-state index in [4.69, 9.17) is 11.6 Å². The summed E-state index contributed by atoms with van der Waals surface area (Å²) >= 11 is 7.39. The van der Waals surface area contributed by atoms with Crippen LogP contribution in [-0.4, -0.2) is 38.0 Å². The summed E-state index contributed by atoms with van der Waals surface area (Å²) in [4.78, 5) is 13.3. The highest BCUT2D eigenvalue weighted by Gasteiger charge is 2.23. The average Bonchev–Trinajstić information content (AvgIpc) is 2.57. The van der Waals surface area contributed by atoms with E-state index in [0.29, 0.717) is 10.7 Å². The van der Waals surface area contributed by atoms with Crippen molar-refractivity contribution >= 4 is 45.0 Å². The van der Waals surface area contributed by atoms with Gasteiger partial charge in [-0.1, -0.05) is 30.7 Å². The first-order chi connectivity index (χ1) is 11.8. The molecule has 0 bridgehead atoms. The number of halogens is 1. The van der Waals surface area contributed by atoms with Gasteiger partial charge in [-0.2, -0.15) is 4.31 Å². The molecule has 0 saturated carbocycles. The van der Waals surface area contributed by atoms with Crippen molar-refractivity contribution in [2.45, 2.75) is 16.7 Å². The fourth-order valence-corrected chi connectivity index (χ4v) is 4.13. The zero-order valence-corrected chi connectivity index (χ0v) is 16.3. The lowest BCUT2D eigenvalue weighted by atomic mass is 10.3.